The first-order valence-corrected chi connectivity index (χ1v) is 8.28. The number of thiocarbonyl (C=S) groups is 1. The van der Waals surface area contributed by atoms with E-state index in [0.717, 1.165) is 4.47 Å². The molecule has 0 heterocycles. The maximum Gasteiger partial charge on any atom is 0.261 e. The van der Waals surface area contributed by atoms with Crippen LogP contribution in [0.2, 0.25) is 10.0 Å². The highest BCUT2D eigenvalue weighted by atomic mass is 79.9. The Morgan fingerprint density at radius 1 is 1.26 bits per heavy atom. The van der Waals surface area contributed by atoms with E-state index in [-0.39, 0.29) is 5.11 Å². The van der Waals surface area contributed by atoms with Gasteiger partial charge in [0.15, 0.2) is 5.11 Å². The van der Waals surface area contributed by atoms with Crippen molar-refractivity contribution in [3.8, 4) is 5.75 Å². The fraction of sp³-hybridized carbons (Fsp3) is 0.0667. The monoisotopic (exact) mass is 432 g/mol. The normalized spacial score (nSPS) is 10.1. The zero-order valence-corrected chi connectivity index (χ0v) is 15.7. The molecule has 4 nitrogen and oxygen atoms in total. The summed E-state index contributed by atoms with van der Waals surface area (Å²) in [6.07, 6.45) is 0. The van der Waals surface area contributed by atoms with Gasteiger partial charge >= 0.3 is 0 Å². The molecule has 2 rings (SSSR count). The number of rotatable bonds is 3. The lowest BCUT2D eigenvalue weighted by Gasteiger charge is -2.13. The summed E-state index contributed by atoms with van der Waals surface area (Å²) in [6.45, 7) is 0. The molecular weight excluding hydrogens is 423 g/mol. The molecule has 2 aromatic rings. The quantitative estimate of drug-likeness (QED) is 0.676. The van der Waals surface area contributed by atoms with E-state index < -0.39 is 5.91 Å². The van der Waals surface area contributed by atoms with Crippen molar-refractivity contribution in [1.29, 1.82) is 0 Å². The van der Waals surface area contributed by atoms with Gasteiger partial charge in [-0.1, -0.05) is 45.2 Å². The molecule has 2 aromatic carbocycles. The molecule has 120 valence electrons. The third-order valence-corrected chi connectivity index (χ3v) is 4.35. The van der Waals surface area contributed by atoms with E-state index in [0.29, 0.717) is 27.0 Å². The molecule has 0 bridgehead atoms. The van der Waals surface area contributed by atoms with Crippen LogP contribution in [0.1, 0.15) is 10.4 Å². The van der Waals surface area contributed by atoms with Gasteiger partial charge in [-0.2, -0.15) is 0 Å². The molecule has 1 amide bonds. The van der Waals surface area contributed by atoms with Gasteiger partial charge in [-0.15, -0.1) is 0 Å². The van der Waals surface area contributed by atoms with Crippen molar-refractivity contribution in [1.82, 2.24) is 5.32 Å². The highest BCUT2D eigenvalue weighted by Gasteiger charge is 2.15. The van der Waals surface area contributed by atoms with Gasteiger partial charge < -0.3 is 10.1 Å². The Labute approximate surface area is 157 Å². The molecule has 0 saturated heterocycles. The molecule has 0 spiro atoms. The summed E-state index contributed by atoms with van der Waals surface area (Å²) in [7, 11) is 1.49. The predicted octanol–water partition coefficient (Wildman–Crippen LogP) is 4.89. The molecule has 23 heavy (non-hydrogen) atoms. The van der Waals surface area contributed by atoms with E-state index in [4.69, 9.17) is 40.2 Å². The number of hydrogen-bond donors (Lipinski definition) is 2. The molecule has 0 aromatic heterocycles. The second-order valence-corrected chi connectivity index (χ2v) is 6.46. The van der Waals surface area contributed by atoms with Crippen molar-refractivity contribution in [2.45, 2.75) is 0 Å². The summed E-state index contributed by atoms with van der Waals surface area (Å²) in [4.78, 5) is 12.3. The summed E-state index contributed by atoms with van der Waals surface area (Å²) < 4.78 is 5.92. The number of anilines is 1. The zero-order valence-electron chi connectivity index (χ0n) is 11.8. The number of methoxy groups -OCH3 is 1. The van der Waals surface area contributed by atoms with Crippen LogP contribution in [0.25, 0.3) is 0 Å². The average Bonchev–Trinajstić information content (AvgIpc) is 2.51. The van der Waals surface area contributed by atoms with Crippen molar-refractivity contribution < 1.29 is 9.53 Å². The lowest BCUT2D eigenvalue weighted by Crippen LogP contribution is -2.34. The van der Waals surface area contributed by atoms with Crippen LogP contribution in [0.15, 0.2) is 40.9 Å². The van der Waals surface area contributed by atoms with Gasteiger partial charge in [0.2, 0.25) is 0 Å². The Morgan fingerprint density at radius 3 is 2.70 bits per heavy atom. The third-order valence-electron chi connectivity index (χ3n) is 2.83. The highest BCUT2D eigenvalue weighted by molar-refractivity contribution is 9.10. The fourth-order valence-corrected chi connectivity index (χ4v) is 2.69. The molecule has 0 saturated carbocycles. The van der Waals surface area contributed by atoms with Gasteiger partial charge in [-0.3, -0.25) is 10.1 Å². The van der Waals surface area contributed by atoms with Gasteiger partial charge in [-0.25, -0.2) is 0 Å². The van der Waals surface area contributed by atoms with E-state index in [1.54, 1.807) is 36.4 Å². The molecule has 0 atom stereocenters. The molecule has 8 heteroatoms. The van der Waals surface area contributed by atoms with Crippen LogP contribution in [-0.2, 0) is 0 Å². The van der Waals surface area contributed by atoms with E-state index in [1.807, 2.05) is 0 Å². The zero-order chi connectivity index (χ0) is 17.0. The minimum absolute atomic E-state index is 0.0983. The number of hydrogen-bond acceptors (Lipinski definition) is 3. The number of nitrogens with one attached hydrogen (secondary N) is 2. The van der Waals surface area contributed by atoms with Crippen LogP contribution in [-0.4, -0.2) is 18.1 Å². The number of amides is 1. The van der Waals surface area contributed by atoms with E-state index in [9.17, 15) is 4.79 Å². The minimum atomic E-state index is -0.404. The summed E-state index contributed by atoms with van der Waals surface area (Å²) in [6, 6.07) is 10.2. The first-order chi connectivity index (χ1) is 10.9. The molecule has 0 aliphatic rings. The number of carbonyl (C=O) groups excluding carboxylic acids is 1. The Morgan fingerprint density at radius 2 is 2.00 bits per heavy atom. The minimum Gasteiger partial charge on any atom is -0.496 e. The Hall–Kier alpha value is -1.34. The average molecular weight is 434 g/mol. The van der Waals surface area contributed by atoms with Crippen molar-refractivity contribution >= 4 is 68.1 Å². The Bertz CT molecular complexity index is 771. The molecular formula is C15H11BrCl2N2O2S. The molecule has 0 aliphatic heterocycles. The Balaban J connectivity index is 2.13. The maximum atomic E-state index is 12.3. The number of carbonyl (C=O) groups is 1. The van der Waals surface area contributed by atoms with Gasteiger partial charge in [-0.05, 0) is 42.5 Å². The van der Waals surface area contributed by atoms with Gasteiger partial charge in [0.05, 0.1) is 28.4 Å². The summed E-state index contributed by atoms with van der Waals surface area (Å²) in [5.41, 5.74) is 0.855. The van der Waals surface area contributed by atoms with Crippen LogP contribution >= 0.6 is 51.3 Å². The molecule has 0 unspecified atom stereocenters. The lowest BCUT2D eigenvalue weighted by molar-refractivity contribution is 0.0974. The highest BCUT2D eigenvalue weighted by Crippen LogP contribution is 2.29. The number of ether oxygens (including phenoxy) is 1. The smallest absolute Gasteiger partial charge is 0.261 e. The van der Waals surface area contributed by atoms with Crippen LogP contribution in [0, 0.1) is 0 Å². The van der Waals surface area contributed by atoms with Crippen LogP contribution in [0.4, 0.5) is 5.69 Å². The second kappa shape index (κ2) is 7.97. The maximum absolute atomic E-state index is 12.3. The third kappa shape index (κ3) is 4.57. The van der Waals surface area contributed by atoms with Crippen LogP contribution in [0.3, 0.4) is 0 Å². The van der Waals surface area contributed by atoms with Crippen LogP contribution < -0.4 is 15.4 Å². The van der Waals surface area contributed by atoms with Crippen LogP contribution in [0.5, 0.6) is 5.75 Å². The van der Waals surface area contributed by atoms with Crippen molar-refractivity contribution in [3.05, 3.63) is 56.5 Å². The lowest BCUT2D eigenvalue weighted by atomic mass is 10.2. The molecule has 0 radical (unpaired) electrons. The first kappa shape index (κ1) is 18.0. The van der Waals surface area contributed by atoms with Gasteiger partial charge in [0.1, 0.15) is 5.75 Å². The van der Waals surface area contributed by atoms with E-state index in [1.165, 1.54) is 7.11 Å². The molecule has 2 N–H and O–H groups in total. The molecule has 0 aliphatic carbocycles. The topological polar surface area (TPSA) is 50.4 Å². The van der Waals surface area contributed by atoms with Crippen molar-refractivity contribution in [3.63, 3.8) is 0 Å². The van der Waals surface area contributed by atoms with E-state index >= 15 is 0 Å². The Kier molecular flexibility index (Phi) is 6.24. The van der Waals surface area contributed by atoms with Crippen molar-refractivity contribution in [2.24, 2.45) is 0 Å². The van der Waals surface area contributed by atoms with Crippen molar-refractivity contribution in [2.75, 3.05) is 12.4 Å². The largest absolute Gasteiger partial charge is 0.496 e. The summed E-state index contributed by atoms with van der Waals surface area (Å²) in [5.74, 6) is 0.0353. The first-order valence-electron chi connectivity index (χ1n) is 6.32. The fourth-order valence-electron chi connectivity index (χ4n) is 1.78. The number of halogens is 3. The summed E-state index contributed by atoms with van der Waals surface area (Å²) in [5, 5.41) is 6.22. The SMILES string of the molecule is COc1ccc(Br)cc1C(=O)NC(=S)Nc1cccc(Cl)c1Cl. The molecule has 0 fully saturated rings. The summed E-state index contributed by atoms with van der Waals surface area (Å²) >= 11 is 20.4. The number of benzene rings is 2. The predicted molar refractivity (Wildman–Crippen MR) is 101 cm³/mol. The van der Waals surface area contributed by atoms with E-state index in [2.05, 4.69) is 26.6 Å². The second-order valence-electron chi connectivity index (χ2n) is 4.35. The van der Waals surface area contributed by atoms with Gasteiger partial charge in [0.25, 0.3) is 5.91 Å². The standard InChI is InChI=1S/C15H11BrCl2N2O2S/c1-22-12-6-5-8(16)7-9(12)14(21)20-15(23)19-11-4-2-3-10(17)13(11)18/h2-7H,1H3,(H2,19,20,21,23). The van der Waals surface area contributed by atoms with Gasteiger partial charge in [0, 0.05) is 4.47 Å².